The number of ether oxygens (including phenoxy) is 1. The molecule has 1 atom stereocenters. The van der Waals surface area contributed by atoms with Crippen molar-refractivity contribution in [2.24, 2.45) is 5.92 Å². The summed E-state index contributed by atoms with van der Waals surface area (Å²) in [6.45, 7) is 6.30. The second-order valence-corrected chi connectivity index (χ2v) is 5.55. The molecule has 116 valence electrons. The zero-order valence-corrected chi connectivity index (χ0v) is 13.7. The molecule has 0 aliphatic rings. The normalized spacial score (nSPS) is 11.8. The molecule has 5 heteroatoms. The first kappa shape index (κ1) is 19.0. The second kappa shape index (κ2) is 11.8. The van der Waals surface area contributed by atoms with Gasteiger partial charge in [0.25, 0.3) is 0 Å². The van der Waals surface area contributed by atoms with Gasteiger partial charge in [-0.3, -0.25) is 9.59 Å². The zero-order valence-electron chi connectivity index (χ0n) is 12.9. The molecule has 20 heavy (non-hydrogen) atoms. The summed E-state index contributed by atoms with van der Waals surface area (Å²) in [5.41, 5.74) is 0. The van der Waals surface area contributed by atoms with Gasteiger partial charge in [0.05, 0.1) is 13.0 Å². The number of hydrogen-bond acceptors (Lipinski definition) is 4. The topological polar surface area (TPSA) is 55.4 Å². The molecule has 0 saturated heterocycles. The minimum absolute atomic E-state index is 0.0451. The first-order valence-electron chi connectivity index (χ1n) is 7.40. The van der Waals surface area contributed by atoms with E-state index in [1.807, 2.05) is 6.92 Å². The van der Waals surface area contributed by atoms with Crippen LogP contribution in [0.2, 0.25) is 0 Å². The molecule has 0 unspecified atom stereocenters. The monoisotopic (exact) mass is 301 g/mol. The summed E-state index contributed by atoms with van der Waals surface area (Å²) in [6.07, 6.45) is 5.83. The first-order valence-corrected chi connectivity index (χ1v) is 7.81. The molecule has 0 aromatic carbocycles. The Labute approximate surface area is 127 Å². The Morgan fingerprint density at radius 1 is 1.25 bits per heavy atom. The van der Waals surface area contributed by atoms with Crippen molar-refractivity contribution in [2.45, 2.75) is 59.3 Å². The van der Waals surface area contributed by atoms with E-state index < -0.39 is 0 Å². The third-order valence-electron chi connectivity index (χ3n) is 3.10. The second-order valence-electron chi connectivity index (χ2n) is 5.10. The molecule has 0 aromatic heterocycles. The SMILES string of the molecule is CCCCCC[C@H](C)C(=O)CC(=S)OCCNC(C)=O. The Morgan fingerprint density at radius 3 is 2.55 bits per heavy atom. The maximum Gasteiger partial charge on any atom is 0.216 e. The molecule has 0 radical (unpaired) electrons. The predicted molar refractivity (Wildman–Crippen MR) is 84.8 cm³/mol. The van der Waals surface area contributed by atoms with Crippen molar-refractivity contribution in [1.82, 2.24) is 5.32 Å². The number of carbonyl (C=O) groups excluding carboxylic acids is 2. The van der Waals surface area contributed by atoms with Gasteiger partial charge >= 0.3 is 0 Å². The summed E-state index contributed by atoms with van der Waals surface area (Å²) in [5, 5.41) is 2.93. The van der Waals surface area contributed by atoms with Gasteiger partial charge in [-0.2, -0.15) is 0 Å². The molecule has 0 aliphatic heterocycles. The Morgan fingerprint density at radius 2 is 1.95 bits per heavy atom. The average molecular weight is 301 g/mol. The summed E-state index contributed by atoms with van der Waals surface area (Å²) in [7, 11) is 0. The first-order chi connectivity index (χ1) is 9.47. The summed E-state index contributed by atoms with van der Waals surface area (Å²) in [5.74, 6) is 0.0890. The lowest BCUT2D eigenvalue weighted by Gasteiger charge is -2.11. The Kier molecular flexibility index (Phi) is 11.3. The van der Waals surface area contributed by atoms with Crippen molar-refractivity contribution >= 4 is 29.0 Å². The van der Waals surface area contributed by atoms with Crippen LogP contribution in [0.5, 0.6) is 0 Å². The van der Waals surface area contributed by atoms with E-state index in [2.05, 4.69) is 12.2 Å². The quantitative estimate of drug-likeness (QED) is 0.471. The van der Waals surface area contributed by atoms with Crippen LogP contribution in [0.1, 0.15) is 59.3 Å². The zero-order chi connectivity index (χ0) is 15.4. The van der Waals surface area contributed by atoms with E-state index in [1.54, 1.807) is 0 Å². The molecule has 0 spiro atoms. The van der Waals surface area contributed by atoms with E-state index in [0.29, 0.717) is 18.2 Å². The number of hydrogen-bond donors (Lipinski definition) is 1. The van der Waals surface area contributed by atoms with Crippen LogP contribution in [0.3, 0.4) is 0 Å². The fourth-order valence-corrected chi connectivity index (χ4v) is 2.02. The van der Waals surface area contributed by atoms with E-state index >= 15 is 0 Å². The maximum atomic E-state index is 11.9. The lowest BCUT2D eigenvalue weighted by atomic mass is 9.97. The molecule has 0 saturated carbocycles. The van der Waals surface area contributed by atoms with Crippen LogP contribution < -0.4 is 5.32 Å². The number of nitrogens with one attached hydrogen (secondary N) is 1. The van der Waals surface area contributed by atoms with Gasteiger partial charge in [0.15, 0.2) is 5.05 Å². The van der Waals surface area contributed by atoms with Crippen molar-refractivity contribution in [2.75, 3.05) is 13.2 Å². The number of carbonyl (C=O) groups is 2. The number of thiocarbonyl (C=S) groups is 1. The predicted octanol–water partition coefficient (Wildman–Crippen LogP) is 3.03. The highest BCUT2D eigenvalue weighted by Gasteiger charge is 2.15. The van der Waals surface area contributed by atoms with Crippen molar-refractivity contribution in [3.8, 4) is 0 Å². The third-order valence-corrected chi connectivity index (χ3v) is 3.36. The van der Waals surface area contributed by atoms with Gasteiger partial charge in [-0.05, 0) is 18.6 Å². The lowest BCUT2D eigenvalue weighted by molar-refractivity contribution is -0.122. The summed E-state index contributed by atoms with van der Waals surface area (Å²) < 4.78 is 5.25. The van der Waals surface area contributed by atoms with E-state index in [0.717, 1.165) is 12.8 Å². The number of unbranched alkanes of at least 4 members (excludes halogenated alkanes) is 3. The van der Waals surface area contributed by atoms with E-state index in [9.17, 15) is 9.59 Å². The minimum atomic E-state index is -0.101. The molecule has 4 nitrogen and oxygen atoms in total. The van der Waals surface area contributed by atoms with Crippen molar-refractivity contribution in [3.05, 3.63) is 0 Å². The van der Waals surface area contributed by atoms with Crippen LogP contribution in [0.15, 0.2) is 0 Å². The maximum absolute atomic E-state index is 11.9. The van der Waals surface area contributed by atoms with E-state index in [4.69, 9.17) is 17.0 Å². The fraction of sp³-hybridized carbons (Fsp3) is 0.800. The van der Waals surface area contributed by atoms with Gasteiger partial charge in [0.1, 0.15) is 12.4 Å². The molecule has 0 heterocycles. The molecule has 0 rings (SSSR count). The molecular weight excluding hydrogens is 274 g/mol. The van der Waals surface area contributed by atoms with E-state index in [1.165, 1.54) is 26.2 Å². The highest BCUT2D eigenvalue weighted by atomic mass is 32.1. The molecule has 0 aromatic rings. The lowest BCUT2D eigenvalue weighted by Crippen LogP contribution is -2.26. The van der Waals surface area contributed by atoms with Crippen LogP contribution in [-0.4, -0.2) is 29.9 Å². The average Bonchev–Trinajstić information content (AvgIpc) is 2.39. The van der Waals surface area contributed by atoms with Crippen LogP contribution in [-0.2, 0) is 14.3 Å². The number of rotatable bonds is 11. The third kappa shape index (κ3) is 10.9. The van der Waals surface area contributed by atoms with Gasteiger partial charge in [0, 0.05) is 12.8 Å². The highest BCUT2D eigenvalue weighted by Crippen LogP contribution is 2.13. The summed E-state index contributed by atoms with van der Waals surface area (Å²) in [4.78, 5) is 22.6. The van der Waals surface area contributed by atoms with Gasteiger partial charge in [-0.1, -0.05) is 39.5 Å². The van der Waals surface area contributed by atoms with Crippen LogP contribution >= 0.6 is 12.2 Å². The molecule has 0 fully saturated rings. The van der Waals surface area contributed by atoms with Gasteiger partial charge in [-0.25, -0.2) is 0 Å². The van der Waals surface area contributed by atoms with Crippen LogP contribution in [0.25, 0.3) is 0 Å². The van der Waals surface area contributed by atoms with E-state index in [-0.39, 0.29) is 24.0 Å². The van der Waals surface area contributed by atoms with Gasteiger partial charge in [0.2, 0.25) is 5.91 Å². The van der Waals surface area contributed by atoms with Crippen molar-refractivity contribution in [3.63, 3.8) is 0 Å². The Hall–Kier alpha value is -0.970. The summed E-state index contributed by atoms with van der Waals surface area (Å²) >= 11 is 5.03. The van der Waals surface area contributed by atoms with Crippen LogP contribution in [0, 0.1) is 5.92 Å². The number of Topliss-reactive ketones (excluding diaryl/α,β-unsaturated/α-hetero) is 1. The van der Waals surface area contributed by atoms with Gasteiger partial charge in [-0.15, -0.1) is 0 Å². The standard InChI is InChI=1S/C15H27NO3S/c1-4-5-6-7-8-12(2)14(18)11-15(20)19-10-9-16-13(3)17/h12H,4-11H2,1-3H3,(H,16,17)/t12-/m0/s1. The van der Waals surface area contributed by atoms with Crippen molar-refractivity contribution < 1.29 is 14.3 Å². The molecule has 0 aliphatic carbocycles. The largest absolute Gasteiger partial charge is 0.485 e. The molecule has 1 amide bonds. The number of ketones is 1. The highest BCUT2D eigenvalue weighted by molar-refractivity contribution is 7.80. The van der Waals surface area contributed by atoms with Crippen molar-refractivity contribution in [1.29, 1.82) is 0 Å². The minimum Gasteiger partial charge on any atom is -0.485 e. The summed E-state index contributed by atoms with van der Waals surface area (Å²) in [6, 6.07) is 0. The Balaban J connectivity index is 3.71. The van der Waals surface area contributed by atoms with Gasteiger partial charge < -0.3 is 10.1 Å². The smallest absolute Gasteiger partial charge is 0.216 e. The molecule has 0 bridgehead atoms. The molecular formula is C15H27NO3S. The Bertz CT molecular complexity index is 318. The van der Waals surface area contributed by atoms with Crippen LogP contribution in [0.4, 0.5) is 0 Å². The molecule has 1 N–H and O–H groups in total. The number of amides is 1. The fourth-order valence-electron chi connectivity index (χ4n) is 1.80.